The van der Waals surface area contributed by atoms with E-state index >= 15 is 0 Å². The quantitative estimate of drug-likeness (QED) is 0.429. The third kappa shape index (κ3) is 4.99. The number of aliphatic hydroxyl groups is 2. The lowest BCUT2D eigenvalue weighted by Crippen LogP contribution is -3.00. The van der Waals surface area contributed by atoms with Crippen molar-refractivity contribution in [1.82, 2.24) is 0 Å². The van der Waals surface area contributed by atoms with Gasteiger partial charge in [0.05, 0.1) is 12.0 Å². The Morgan fingerprint density at radius 1 is 0.778 bits per heavy atom. The van der Waals surface area contributed by atoms with Crippen LogP contribution in [-0.4, -0.2) is 46.8 Å². The van der Waals surface area contributed by atoms with Gasteiger partial charge in [-0.2, -0.15) is 4.58 Å². The smallest absolute Gasteiger partial charge is 0.209 e. The van der Waals surface area contributed by atoms with Gasteiger partial charge in [0, 0.05) is 41.1 Å². The molecular formula is C31H37ClN2O2. The number of halogens is 1. The molecule has 2 aromatic rings. The number of hydrogen-bond donors (Lipinski definition) is 2. The lowest BCUT2D eigenvalue weighted by Gasteiger charge is -2.26. The minimum absolute atomic E-state index is 0. The van der Waals surface area contributed by atoms with Crippen LogP contribution in [0.4, 0.5) is 11.4 Å². The summed E-state index contributed by atoms with van der Waals surface area (Å²) in [7, 11) is 0. The van der Waals surface area contributed by atoms with E-state index in [1.54, 1.807) is 0 Å². The van der Waals surface area contributed by atoms with Gasteiger partial charge >= 0.3 is 0 Å². The van der Waals surface area contributed by atoms with Crippen LogP contribution in [0, 0.1) is 0 Å². The van der Waals surface area contributed by atoms with E-state index in [1.165, 1.54) is 33.9 Å². The molecule has 2 heterocycles. The second-order valence-electron chi connectivity index (χ2n) is 10.1. The molecule has 0 spiro atoms. The van der Waals surface area contributed by atoms with Crippen molar-refractivity contribution in [1.29, 1.82) is 0 Å². The van der Waals surface area contributed by atoms with E-state index in [2.05, 4.69) is 110 Å². The molecule has 2 aliphatic heterocycles. The van der Waals surface area contributed by atoms with Crippen LogP contribution >= 0.6 is 0 Å². The molecule has 190 valence electrons. The Morgan fingerprint density at radius 2 is 1.42 bits per heavy atom. The molecule has 0 radical (unpaired) electrons. The van der Waals surface area contributed by atoms with Gasteiger partial charge in [0.25, 0.3) is 0 Å². The molecule has 5 heteroatoms. The fraction of sp³-hybridized carbons (Fsp3) is 0.323. The highest BCUT2D eigenvalue weighted by Gasteiger charge is 2.43. The maximum Gasteiger partial charge on any atom is 0.209 e. The number of hydrogen-bond acceptors (Lipinski definition) is 3. The number of para-hydroxylation sites is 2. The van der Waals surface area contributed by atoms with Crippen molar-refractivity contribution in [2.75, 3.05) is 31.2 Å². The molecule has 4 rings (SSSR count). The molecule has 0 aliphatic carbocycles. The summed E-state index contributed by atoms with van der Waals surface area (Å²) >= 11 is 0. The second-order valence-corrected chi connectivity index (χ2v) is 10.1. The molecule has 0 aromatic heterocycles. The zero-order valence-electron chi connectivity index (χ0n) is 21.7. The Hall–Kier alpha value is -2.92. The van der Waals surface area contributed by atoms with Crippen LogP contribution in [0.15, 0.2) is 96.8 Å². The highest BCUT2D eigenvalue weighted by molar-refractivity contribution is 6.03. The number of anilines is 1. The highest BCUT2D eigenvalue weighted by Crippen LogP contribution is 2.47. The summed E-state index contributed by atoms with van der Waals surface area (Å²) in [6, 6.07) is 16.9. The van der Waals surface area contributed by atoms with E-state index in [4.69, 9.17) is 0 Å². The number of rotatable bonds is 8. The maximum atomic E-state index is 9.62. The van der Waals surface area contributed by atoms with Crippen molar-refractivity contribution >= 4 is 17.1 Å². The molecule has 0 atom stereocenters. The van der Waals surface area contributed by atoms with Crippen LogP contribution < -0.4 is 17.3 Å². The monoisotopic (exact) mass is 504 g/mol. The first kappa shape index (κ1) is 27.7. The fourth-order valence-electron chi connectivity index (χ4n) is 5.45. The van der Waals surface area contributed by atoms with Crippen LogP contribution in [0.5, 0.6) is 0 Å². The number of aliphatic hydroxyl groups excluding tert-OH is 2. The maximum absolute atomic E-state index is 9.62. The van der Waals surface area contributed by atoms with Gasteiger partial charge in [0.2, 0.25) is 5.69 Å². The third-order valence-corrected chi connectivity index (χ3v) is 7.20. The van der Waals surface area contributed by atoms with Gasteiger partial charge in [0.15, 0.2) is 12.3 Å². The average Bonchev–Trinajstić information content (AvgIpc) is 3.19. The Morgan fingerprint density at radius 3 is 2.14 bits per heavy atom. The largest absolute Gasteiger partial charge is 1.00 e. The zero-order chi connectivity index (χ0) is 25.1. The standard InChI is InChI=1S/C31H37N2O2.ClH/c1-30(2)24-14-10-12-16-26(24)32(20-22-34)28(30)18-8-6-5-7-9-19-29-31(3,4)25-15-11-13-17-27(25)33(29)21-23-35;/h5-19,34-35H,20-23H2,1-4H3;1H/q+1;/p-1. The summed E-state index contributed by atoms with van der Waals surface area (Å²) in [4.78, 5) is 2.22. The first-order valence-corrected chi connectivity index (χ1v) is 12.4. The van der Waals surface area contributed by atoms with Crippen LogP contribution in [0.1, 0.15) is 38.8 Å². The minimum atomic E-state index is -0.115. The summed E-state index contributed by atoms with van der Waals surface area (Å²) in [5.41, 5.74) is 7.07. The Balaban J connectivity index is 0.00000361. The molecule has 0 bridgehead atoms. The second kappa shape index (κ2) is 11.4. The predicted octanol–water partition coefficient (Wildman–Crippen LogP) is 2.40. The zero-order valence-corrected chi connectivity index (χ0v) is 22.4. The molecule has 36 heavy (non-hydrogen) atoms. The molecule has 2 N–H and O–H groups in total. The van der Waals surface area contributed by atoms with E-state index in [-0.39, 0.29) is 36.5 Å². The van der Waals surface area contributed by atoms with Crippen molar-refractivity contribution in [2.45, 2.75) is 38.5 Å². The fourth-order valence-corrected chi connectivity index (χ4v) is 5.45. The van der Waals surface area contributed by atoms with Crippen molar-refractivity contribution in [2.24, 2.45) is 0 Å². The Kier molecular flexibility index (Phi) is 8.78. The molecule has 2 aromatic carbocycles. The van der Waals surface area contributed by atoms with Gasteiger partial charge in [0.1, 0.15) is 6.61 Å². The van der Waals surface area contributed by atoms with Gasteiger partial charge in [-0.1, -0.05) is 80.6 Å². The van der Waals surface area contributed by atoms with Gasteiger partial charge in [-0.15, -0.1) is 0 Å². The van der Waals surface area contributed by atoms with Gasteiger partial charge in [-0.3, -0.25) is 0 Å². The molecule has 0 amide bonds. The normalized spacial score (nSPS) is 19.1. The number of β-amino-alcohol motifs (C(OH)–C–C–N with tert-alkyl or cyclic N) is 2. The number of benzene rings is 2. The summed E-state index contributed by atoms with van der Waals surface area (Å²) in [6.07, 6.45) is 14.5. The van der Waals surface area contributed by atoms with E-state index < -0.39 is 0 Å². The molecular weight excluding hydrogens is 468 g/mol. The van der Waals surface area contributed by atoms with Gasteiger partial charge in [-0.25, -0.2) is 0 Å². The van der Waals surface area contributed by atoms with Gasteiger partial charge in [-0.05, 0) is 31.6 Å². The molecule has 0 unspecified atom stereocenters. The number of fused-ring (bicyclic) bond motifs is 2. The number of nitrogens with zero attached hydrogens (tertiary/aromatic N) is 2. The van der Waals surface area contributed by atoms with Crippen LogP contribution in [0.25, 0.3) is 0 Å². The minimum Gasteiger partial charge on any atom is -1.00 e. The van der Waals surface area contributed by atoms with Crippen molar-refractivity contribution in [3.05, 3.63) is 108 Å². The lowest BCUT2D eigenvalue weighted by atomic mass is 9.81. The van der Waals surface area contributed by atoms with Crippen LogP contribution in [-0.2, 0) is 10.8 Å². The summed E-state index contributed by atoms with van der Waals surface area (Å²) < 4.78 is 2.22. The highest BCUT2D eigenvalue weighted by atomic mass is 35.5. The van der Waals surface area contributed by atoms with Crippen molar-refractivity contribution < 1.29 is 27.2 Å². The lowest BCUT2D eigenvalue weighted by molar-refractivity contribution is -0.441. The molecule has 0 saturated heterocycles. The van der Waals surface area contributed by atoms with E-state index in [9.17, 15) is 10.2 Å². The van der Waals surface area contributed by atoms with Gasteiger partial charge < -0.3 is 27.5 Å². The summed E-state index contributed by atoms with van der Waals surface area (Å²) in [5, 5.41) is 19.2. The van der Waals surface area contributed by atoms with Crippen LogP contribution in [0.2, 0.25) is 0 Å². The third-order valence-electron chi connectivity index (χ3n) is 7.20. The predicted molar refractivity (Wildman–Crippen MR) is 146 cm³/mol. The summed E-state index contributed by atoms with van der Waals surface area (Å²) in [6.45, 7) is 10.3. The van der Waals surface area contributed by atoms with Crippen molar-refractivity contribution in [3.8, 4) is 0 Å². The first-order valence-electron chi connectivity index (χ1n) is 12.4. The summed E-state index contributed by atoms with van der Waals surface area (Å²) in [5.74, 6) is 0. The Bertz CT molecular complexity index is 1230. The molecule has 2 aliphatic rings. The van der Waals surface area contributed by atoms with E-state index in [1.807, 2.05) is 18.2 Å². The van der Waals surface area contributed by atoms with Crippen LogP contribution in [0.3, 0.4) is 0 Å². The topological polar surface area (TPSA) is 46.7 Å². The van der Waals surface area contributed by atoms with E-state index in [0.29, 0.717) is 13.1 Å². The molecule has 4 nitrogen and oxygen atoms in total. The Labute approximate surface area is 221 Å². The molecule has 0 fully saturated rings. The average molecular weight is 505 g/mol. The number of allylic oxidation sites excluding steroid dienone is 8. The van der Waals surface area contributed by atoms with E-state index in [0.717, 1.165) is 0 Å². The van der Waals surface area contributed by atoms with Crippen molar-refractivity contribution in [3.63, 3.8) is 0 Å². The first-order chi connectivity index (χ1) is 16.8. The molecule has 0 saturated carbocycles. The SMILES string of the molecule is CC1(C)C(/C=C/C=C/C=C/C=C2\N(CCO)c3ccccc3C2(C)C)=[N+](CCO)c2ccccc21.[Cl-].